The van der Waals surface area contributed by atoms with Crippen LogP contribution in [0.3, 0.4) is 0 Å². The number of rotatable bonds is 10. The van der Waals surface area contributed by atoms with E-state index in [1.807, 2.05) is 27.7 Å². The SMILES string of the molecule is CCC.CCC1CC(=O)N(CCCCCCCCN2C(=O)CC(C(C)(C)C)C2=O)C1=O. The minimum atomic E-state index is -0.191. The molecule has 2 aliphatic rings. The van der Waals surface area contributed by atoms with E-state index in [9.17, 15) is 19.2 Å². The fraction of sp³-hybridized carbons (Fsp3) is 0.840. The molecule has 6 heteroatoms. The Morgan fingerprint density at radius 3 is 1.52 bits per heavy atom. The van der Waals surface area contributed by atoms with E-state index in [0.29, 0.717) is 25.9 Å². The lowest BCUT2D eigenvalue weighted by molar-refractivity contribution is -0.141. The largest absolute Gasteiger partial charge is 0.282 e. The van der Waals surface area contributed by atoms with Crippen LogP contribution >= 0.6 is 0 Å². The first-order valence-electron chi connectivity index (χ1n) is 12.3. The van der Waals surface area contributed by atoms with E-state index in [0.717, 1.165) is 44.9 Å². The molecule has 178 valence electrons. The second-order valence-corrected chi connectivity index (χ2v) is 10.0. The van der Waals surface area contributed by atoms with E-state index in [-0.39, 0.29) is 40.9 Å². The minimum absolute atomic E-state index is 0.000934. The molecule has 0 N–H and O–H groups in total. The number of amides is 4. The van der Waals surface area contributed by atoms with Crippen LogP contribution in [0.1, 0.15) is 106 Å². The average molecular weight is 437 g/mol. The van der Waals surface area contributed by atoms with Gasteiger partial charge in [0, 0.05) is 31.8 Å². The highest BCUT2D eigenvalue weighted by atomic mass is 16.2. The van der Waals surface area contributed by atoms with Gasteiger partial charge in [-0.1, -0.05) is 73.6 Å². The topological polar surface area (TPSA) is 74.8 Å². The lowest BCUT2D eigenvalue weighted by Crippen LogP contribution is -2.34. The van der Waals surface area contributed by atoms with Crippen LogP contribution in [0.15, 0.2) is 0 Å². The fourth-order valence-corrected chi connectivity index (χ4v) is 4.15. The maximum atomic E-state index is 12.4. The molecule has 4 amide bonds. The van der Waals surface area contributed by atoms with Crippen molar-refractivity contribution in [1.82, 2.24) is 9.80 Å². The highest BCUT2D eigenvalue weighted by Gasteiger charge is 2.44. The van der Waals surface area contributed by atoms with Crippen LogP contribution in [0.25, 0.3) is 0 Å². The standard InChI is InChI=1S/C22H36N2O4.C3H8/c1-5-16-14-18(25)23(20(16)27)12-10-8-6-7-9-11-13-24-19(26)15-17(21(24)28)22(2,3)4;1-3-2/h16-17H,5-15H2,1-4H3;3H2,1-2H3. The van der Waals surface area contributed by atoms with Gasteiger partial charge in [0.15, 0.2) is 0 Å². The maximum absolute atomic E-state index is 12.4. The Balaban J connectivity index is 0.00000151. The van der Waals surface area contributed by atoms with Crippen molar-refractivity contribution in [3.63, 3.8) is 0 Å². The Morgan fingerprint density at radius 1 is 0.710 bits per heavy atom. The Labute approximate surface area is 189 Å². The van der Waals surface area contributed by atoms with Crippen LogP contribution in [0.2, 0.25) is 0 Å². The molecule has 0 aromatic heterocycles. The first-order valence-corrected chi connectivity index (χ1v) is 12.3. The highest BCUT2D eigenvalue weighted by molar-refractivity contribution is 6.04. The van der Waals surface area contributed by atoms with Crippen LogP contribution in [0, 0.1) is 17.3 Å². The van der Waals surface area contributed by atoms with Crippen molar-refractivity contribution in [2.75, 3.05) is 13.1 Å². The summed E-state index contributed by atoms with van der Waals surface area (Å²) in [5, 5.41) is 0. The van der Waals surface area contributed by atoms with Gasteiger partial charge in [-0.25, -0.2) is 0 Å². The zero-order valence-corrected chi connectivity index (χ0v) is 20.7. The number of hydrogen-bond acceptors (Lipinski definition) is 4. The molecule has 0 radical (unpaired) electrons. The summed E-state index contributed by atoms with van der Waals surface area (Å²) in [6.07, 6.45) is 8.45. The first kappa shape index (κ1) is 27.3. The molecule has 6 nitrogen and oxygen atoms in total. The number of nitrogens with zero attached hydrogens (tertiary/aromatic N) is 2. The number of unbranched alkanes of at least 4 members (excludes halogenated alkanes) is 5. The molecule has 2 fully saturated rings. The summed E-state index contributed by atoms with van der Waals surface area (Å²) in [7, 11) is 0. The molecule has 0 bridgehead atoms. The highest BCUT2D eigenvalue weighted by Crippen LogP contribution is 2.35. The van der Waals surface area contributed by atoms with Crippen molar-refractivity contribution >= 4 is 23.6 Å². The summed E-state index contributed by atoms with van der Waals surface area (Å²) < 4.78 is 0. The fourth-order valence-electron chi connectivity index (χ4n) is 4.15. The van der Waals surface area contributed by atoms with E-state index in [1.54, 1.807) is 0 Å². The third-order valence-corrected chi connectivity index (χ3v) is 6.13. The predicted molar refractivity (Wildman–Crippen MR) is 123 cm³/mol. The number of imide groups is 2. The molecule has 2 heterocycles. The molecule has 2 aliphatic heterocycles. The van der Waals surface area contributed by atoms with Crippen molar-refractivity contribution in [2.45, 2.75) is 106 Å². The third kappa shape index (κ3) is 8.04. The summed E-state index contributed by atoms with van der Waals surface area (Å²) in [6.45, 7) is 13.3. The lowest BCUT2D eigenvalue weighted by Gasteiger charge is -2.24. The second-order valence-electron chi connectivity index (χ2n) is 10.0. The molecule has 0 spiro atoms. The molecule has 2 saturated heterocycles. The molecular formula is C25H44N2O4. The molecule has 0 aliphatic carbocycles. The average Bonchev–Trinajstić information content (AvgIpc) is 3.14. The van der Waals surface area contributed by atoms with Crippen molar-refractivity contribution in [3.8, 4) is 0 Å². The summed E-state index contributed by atoms with van der Waals surface area (Å²) >= 11 is 0. The van der Waals surface area contributed by atoms with Crippen molar-refractivity contribution < 1.29 is 19.2 Å². The number of hydrogen-bond donors (Lipinski definition) is 0. The quantitative estimate of drug-likeness (QED) is 0.359. The Morgan fingerprint density at radius 2 is 1.13 bits per heavy atom. The molecule has 2 atom stereocenters. The van der Waals surface area contributed by atoms with Crippen LogP contribution in [-0.4, -0.2) is 46.5 Å². The van der Waals surface area contributed by atoms with Gasteiger partial charge >= 0.3 is 0 Å². The predicted octanol–water partition coefficient (Wildman–Crippen LogP) is 4.95. The zero-order chi connectivity index (χ0) is 23.6. The molecule has 0 saturated carbocycles. The molecule has 0 aromatic carbocycles. The van der Waals surface area contributed by atoms with Crippen LogP contribution in [0.4, 0.5) is 0 Å². The molecule has 0 aromatic rings. The van der Waals surface area contributed by atoms with Gasteiger partial charge in [-0.15, -0.1) is 0 Å². The van der Waals surface area contributed by atoms with Gasteiger partial charge in [-0.2, -0.15) is 0 Å². The Bertz CT molecular complexity index is 624. The Hall–Kier alpha value is -1.72. The molecular weight excluding hydrogens is 392 g/mol. The third-order valence-electron chi connectivity index (χ3n) is 6.13. The van der Waals surface area contributed by atoms with Gasteiger partial charge in [-0.3, -0.25) is 29.0 Å². The van der Waals surface area contributed by atoms with Crippen LogP contribution in [-0.2, 0) is 19.2 Å². The second kappa shape index (κ2) is 13.0. The van der Waals surface area contributed by atoms with E-state index >= 15 is 0 Å². The van der Waals surface area contributed by atoms with Crippen molar-refractivity contribution in [2.24, 2.45) is 17.3 Å². The lowest BCUT2D eigenvalue weighted by atomic mass is 9.80. The van der Waals surface area contributed by atoms with E-state index in [1.165, 1.54) is 16.2 Å². The summed E-state index contributed by atoms with van der Waals surface area (Å²) in [5.41, 5.74) is -0.170. The zero-order valence-electron chi connectivity index (χ0n) is 20.7. The van der Waals surface area contributed by atoms with Gasteiger partial charge < -0.3 is 0 Å². The van der Waals surface area contributed by atoms with E-state index in [4.69, 9.17) is 0 Å². The van der Waals surface area contributed by atoms with Gasteiger partial charge in [-0.05, 0) is 24.7 Å². The summed E-state index contributed by atoms with van der Waals surface area (Å²) in [4.78, 5) is 51.4. The van der Waals surface area contributed by atoms with Gasteiger partial charge in [0.05, 0.1) is 5.92 Å². The van der Waals surface area contributed by atoms with Crippen LogP contribution < -0.4 is 0 Å². The molecule has 2 unspecified atom stereocenters. The van der Waals surface area contributed by atoms with Crippen LogP contribution in [0.5, 0.6) is 0 Å². The van der Waals surface area contributed by atoms with E-state index < -0.39 is 0 Å². The molecule has 31 heavy (non-hydrogen) atoms. The number of carbonyl (C=O) groups excluding carboxylic acids is 4. The smallest absolute Gasteiger partial charge is 0.233 e. The summed E-state index contributed by atoms with van der Waals surface area (Å²) in [6, 6.07) is 0. The number of carbonyl (C=O) groups is 4. The summed E-state index contributed by atoms with van der Waals surface area (Å²) in [5.74, 6) is -0.367. The monoisotopic (exact) mass is 436 g/mol. The van der Waals surface area contributed by atoms with E-state index in [2.05, 4.69) is 13.8 Å². The normalized spacial score (nSPS) is 21.7. The van der Waals surface area contributed by atoms with Crippen molar-refractivity contribution in [1.29, 1.82) is 0 Å². The minimum Gasteiger partial charge on any atom is -0.282 e. The van der Waals surface area contributed by atoms with Crippen molar-refractivity contribution in [3.05, 3.63) is 0 Å². The first-order chi connectivity index (χ1) is 14.6. The number of likely N-dealkylation sites (tertiary alicyclic amines) is 2. The van der Waals surface area contributed by atoms with Gasteiger partial charge in [0.2, 0.25) is 23.6 Å². The molecule has 2 rings (SSSR count). The maximum Gasteiger partial charge on any atom is 0.233 e. The van der Waals surface area contributed by atoms with Gasteiger partial charge in [0.1, 0.15) is 0 Å². The van der Waals surface area contributed by atoms with Gasteiger partial charge in [0.25, 0.3) is 0 Å². The Kier molecular flexibility index (Phi) is 11.4.